The molecule has 1 aliphatic rings. The van der Waals surface area contributed by atoms with E-state index in [-0.39, 0.29) is 30.6 Å². The molecule has 0 aliphatic heterocycles. The Kier molecular flexibility index (Phi) is 6.79. The van der Waals surface area contributed by atoms with Crippen LogP contribution in [0.4, 0.5) is 5.69 Å². The number of ether oxygens (including phenoxy) is 1. The fraction of sp³-hybridized carbons (Fsp3) is 0.579. The molecule has 0 spiro atoms. The van der Waals surface area contributed by atoms with Gasteiger partial charge in [-0.25, -0.2) is 0 Å². The molecule has 3 unspecified atom stereocenters. The van der Waals surface area contributed by atoms with E-state index in [9.17, 15) is 9.59 Å². The predicted octanol–water partition coefficient (Wildman–Crippen LogP) is 3.42. The summed E-state index contributed by atoms with van der Waals surface area (Å²) in [5.41, 5.74) is 1.68. The molecule has 1 saturated carbocycles. The Bertz CT molecular complexity index is 573. The molecule has 1 aromatic carbocycles. The lowest BCUT2D eigenvalue weighted by atomic mass is 9.88. The van der Waals surface area contributed by atoms with Crippen molar-refractivity contribution in [2.75, 3.05) is 11.9 Å². The summed E-state index contributed by atoms with van der Waals surface area (Å²) in [6.45, 7) is 5.69. The third-order valence-corrected chi connectivity index (χ3v) is 4.55. The minimum atomic E-state index is -0.140. The zero-order valence-electron chi connectivity index (χ0n) is 14.8. The van der Waals surface area contributed by atoms with Gasteiger partial charge < -0.3 is 15.4 Å². The Morgan fingerprint density at radius 1 is 1.29 bits per heavy atom. The lowest BCUT2D eigenvalue weighted by Gasteiger charge is -2.28. The fourth-order valence-electron chi connectivity index (χ4n) is 3.17. The summed E-state index contributed by atoms with van der Waals surface area (Å²) in [6.07, 6.45) is 4.86. The van der Waals surface area contributed by atoms with E-state index in [2.05, 4.69) is 17.6 Å². The van der Waals surface area contributed by atoms with Crippen LogP contribution in [0, 0.1) is 5.92 Å². The van der Waals surface area contributed by atoms with Gasteiger partial charge in [0.1, 0.15) is 6.61 Å². The van der Waals surface area contributed by atoms with Gasteiger partial charge in [-0.3, -0.25) is 9.59 Å². The van der Waals surface area contributed by atoms with E-state index in [1.54, 1.807) is 0 Å². The molecule has 0 radical (unpaired) electrons. The number of nitrogens with one attached hydrogen (secondary N) is 2. The molecule has 2 amide bonds. The molecule has 3 atom stereocenters. The predicted molar refractivity (Wildman–Crippen MR) is 94.7 cm³/mol. The maximum Gasteiger partial charge on any atom is 0.246 e. The van der Waals surface area contributed by atoms with Crippen LogP contribution in [0.5, 0.6) is 0 Å². The average Bonchev–Trinajstić information content (AvgIpc) is 2.53. The van der Waals surface area contributed by atoms with Crippen molar-refractivity contribution in [3.05, 3.63) is 29.8 Å². The van der Waals surface area contributed by atoms with Crippen molar-refractivity contribution in [1.29, 1.82) is 0 Å². The molecular formula is C19H28N2O3. The number of rotatable bonds is 6. The molecule has 24 heavy (non-hydrogen) atoms. The highest BCUT2D eigenvalue weighted by atomic mass is 16.5. The van der Waals surface area contributed by atoms with Gasteiger partial charge in [0.05, 0.1) is 12.1 Å². The van der Waals surface area contributed by atoms with Crippen molar-refractivity contribution in [2.45, 2.75) is 58.6 Å². The van der Waals surface area contributed by atoms with Crippen LogP contribution in [0.3, 0.4) is 0 Å². The van der Waals surface area contributed by atoms with Crippen LogP contribution >= 0.6 is 0 Å². The summed E-state index contributed by atoms with van der Waals surface area (Å²) in [6, 6.07) is 7.35. The van der Waals surface area contributed by atoms with Gasteiger partial charge in [0.15, 0.2) is 0 Å². The van der Waals surface area contributed by atoms with Gasteiger partial charge in [-0.05, 0) is 43.4 Å². The normalized spacial score (nSPS) is 21.8. The van der Waals surface area contributed by atoms with Crippen LogP contribution < -0.4 is 10.6 Å². The lowest BCUT2D eigenvalue weighted by molar-refractivity contribution is -0.130. The zero-order valence-corrected chi connectivity index (χ0v) is 14.8. The first-order valence-electron chi connectivity index (χ1n) is 8.74. The van der Waals surface area contributed by atoms with Crippen LogP contribution in [0.15, 0.2) is 24.3 Å². The molecular weight excluding hydrogens is 304 g/mol. The van der Waals surface area contributed by atoms with Gasteiger partial charge in [0.2, 0.25) is 11.8 Å². The molecule has 1 aromatic rings. The maximum atomic E-state index is 12.1. The fourth-order valence-corrected chi connectivity index (χ4v) is 3.17. The topological polar surface area (TPSA) is 67.4 Å². The largest absolute Gasteiger partial charge is 0.368 e. The molecule has 1 aliphatic carbocycles. The molecule has 2 N–H and O–H groups in total. The first-order chi connectivity index (χ1) is 11.5. The van der Waals surface area contributed by atoms with E-state index in [0.29, 0.717) is 5.92 Å². The van der Waals surface area contributed by atoms with E-state index >= 15 is 0 Å². The smallest absolute Gasteiger partial charge is 0.246 e. The molecule has 2 rings (SSSR count). The SMILES string of the molecule is CC(=O)Nc1cccc(C(C)NC(=O)COC2CCCCC2C)c1. The van der Waals surface area contributed by atoms with Gasteiger partial charge in [-0.2, -0.15) is 0 Å². The second kappa shape index (κ2) is 8.83. The Balaban J connectivity index is 1.83. The van der Waals surface area contributed by atoms with Crippen molar-refractivity contribution >= 4 is 17.5 Å². The molecule has 0 saturated heterocycles. The quantitative estimate of drug-likeness (QED) is 0.839. The number of anilines is 1. The zero-order chi connectivity index (χ0) is 17.5. The summed E-state index contributed by atoms with van der Waals surface area (Å²) in [5.74, 6) is 0.308. The average molecular weight is 332 g/mol. The van der Waals surface area contributed by atoms with Crippen molar-refractivity contribution in [2.24, 2.45) is 5.92 Å². The van der Waals surface area contributed by atoms with E-state index < -0.39 is 0 Å². The highest BCUT2D eigenvalue weighted by molar-refractivity contribution is 5.88. The minimum Gasteiger partial charge on any atom is -0.368 e. The molecule has 5 nitrogen and oxygen atoms in total. The Labute approximate surface area is 144 Å². The van der Waals surface area contributed by atoms with Crippen molar-refractivity contribution < 1.29 is 14.3 Å². The maximum absolute atomic E-state index is 12.1. The first kappa shape index (κ1) is 18.5. The summed E-state index contributed by atoms with van der Waals surface area (Å²) in [7, 11) is 0. The Morgan fingerprint density at radius 3 is 2.75 bits per heavy atom. The monoisotopic (exact) mass is 332 g/mol. The van der Waals surface area contributed by atoms with Gasteiger partial charge in [0, 0.05) is 12.6 Å². The van der Waals surface area contributed by atoms with Gasteiger partial charge in [-0.1, -0.05) is 31.9 Å². The number of benzene rings is 1. The number of hydrogen-bond donors (Lipinski definition) is 2. The Hall–Kier alpha value is -1.88. The summed E-state index contributed by atoms with van der Waals surface area (Å²) >= 11 is 0. The van der Waals surface area contributed by atoms with Crippen LogP contribution in [-0.4, -0.2) is 24.5 Å². The van der Waals surface area contributed by atoms with E-state index in [1.165, 1.54) is 26.2 Å². The molecule has 0 bridgehead atoms. The van der Waals surface area contributed by atoms with Crippen LogP contribution in [-0.2, 0) is 14.3 Å². The molecule has 132 valence electrons. The van der Waals surface area contributed by atoms with Crippen molar-refractivity contribution in [1.82, 2.24) is 5.32 Å². The number of carbonyl (C=O) groups excluding carboxylic acids is 2. The number of hydrogen-bond acceptors (Lipinski definition) is 3. The van der Waals surface area contributed by atoms with Crippen molar-refractivity contribution in [3.63, 3.8) is 0 Å². The second-order valence-electron chi connectivity index (χ2n) is 6.71. The molecule has 5 heteroatoms. The summed E-state index contributed by atoms with van der Waals surface area (Å²) in [4.78, 5) is 23.3. The second-order valence-corrected chi connectivity index (χ2v) is 6.71. The van der Waals surface area contributed by atoms with E-state index in [0.717, 1.165) is 17.7 Å². The summed E-state index contributed by atoms with van der Waals surface area (Å²) in [5, 5.41) is 5.70. The highest BCUT2D eigenvalue weighted by Gasteiger charge is 2.22. The standard InChI is InChI=1S/C19H28N2O3/c1-13-7-4-5-10-18(13)24-12-19(23)20-14(2)16-8-6-9-17(11-16)21-15(3)22/h6,8-9,11,13-14,18H,4-5,7,10,12H2,1-3H3,(H,20,23)(H,21,22). The number of amides is 2. The highest BCUT2D eigenvalue weighted by Crippen LogP contribution is 2.26. The Morgan fingerprint density at radius 2 is 2.04 bits per heavy atom. The van der Waals surface area contributed by atoms with Gasteiger partial charge in [-0.15, -0.1) is 0 Å². The molecule has 0 aromatic heterocycles. The van der Waals surface area contributed by atoms with Crippen LogP contribution in [0.1, 0.15) is 58.1 Å². The molecule has 0 heterocycles. The van der Waals surface area contributed by atoms with Gasteiger partial charge >= 0.3 is 0 Å². The summed E-state index contributed by atoms with van der Waals surface area (Å²) < 4.78 is 5.80. The van der Waals surface area contributed by atoms with Crippen LogP contribution in [0.2, 0.25) is 0 Å². The van der Waals surface area contributed by atoms with Crippen LogP contribution in [0.25, 0.3) is 0 Å². The third-order valence-electron chi connectivity index (χ3n) is 4.55. The van der Waals surface area contributed by atoms with E-state index in [1.807, 2.05) is 31.2 Å². The first-order valence-corrected chi connectivity index (χ1v) is 8.74. The van der Waals surface area contributed by atoms with E-state index in [4.69, 9.17) is 4.74 Å². The lowest BCUT2D eigenvalue weighted by Crippen LogP contribution is -2.34. The van der Waals surface area contributed by atoms with Crippen molar-refractivity contribution in [3.8, 4) is 0 Å². The number of carbonyl (C=O) groups is 2. The third kappa shape index (κ3) is 5.64. The minimum absolute atomic E-state index is 0.102. The van der Waals surface area contributed by atoms with Gasteiger partial charge in [0.25, 0.3) is 0 Å². The molecule has 1 fully saturated rings.